The fraction of sp³-hybridized carbons (Fsp3) is 0.700. The molecule has 1 fully saturated rings. The zero-order chi connectivity index (χ0) is 33.1. The minimum absolute atomic E-state index is 0.0563. The third-order valence-corrected chi connectivity index (χ3v) is 8.89. The van der Waals surface area contributed by atoms with E-state index in [1.54, 1.807) is 6.08 Å². The van der Waals surface area contributed by atoms with E-state index < -0.39 is 60.6 Å². The predicted octanol–water partition coefficient (Wildman–Crippen LogP) is 1.66. The molecule has 1 rings (SSSR count). The largest absolute Gasteiger partial charge is 0.481 e. The number of nitrogens with two attached hydrogens (primary N) is 1. The summed E-state index contributed by atoms with van der Waals surface area (Å²) in [5.41, 5.74) is 5.47. The molecule has 250 valence electrons. The van der Waals surface area contributed by atoms with Crippen LogP contribution >= 0.6 is 11.8 Å². The molecule has 0 aromatic carbocycles. The first kappa shape index (κ1) is 39.1. The number of rotatable bonds is 23. The first-order valence-corrected chi connectivity index (χ1v) is 16.2. The van der Waals surface area contributed by atoms with Gasteiger partial charge in [0.2, 0.25) is 11.8 Å². The summed E-state index contributed by atoms with van der Waals surface area (Å²) in [4.78, 5) is 58.0. The average Bonchev–Trinajstić information content (AvgIpc) is 3.26. The van der Waals surface area contributed by atoms with Gasteiger partial charge in [-0.05, 0) is 50.4 Å². The van der Waals surface area contributed by atoms with Gasteiger partial charge in [-0.15, -0.1) is 0 Å². The van der Waals surface area contributed by atoms with Gasteiger partial charge in [-0.3, -0.25) is 24.0 Å². The SMILES string of the molecule is CCCCCC(O)C=CC1C(SCC(NC(=O)CCC(N)C(=O)O)C(=O)NCC(=O)O)CC(O)C1CC=CCCCC(=O)O. The zero-order valence-electron chi connectivity index (χ0n) is 25.3. The number of aliphatic hydroxyl groups excluding tert-OH is 2. The van der Waals surface area contributed by atoms with Crippen molar-refractivity contribution in [3.8, 4) is 0 Å². The zero-order valence-corrected chi connectivity index (χ0v) is 26.1. The number of aliphatic hydroxyl groups is 2. The van der Waals surface area contributed by atoms with Gasteiger partial charge in [0, 0.05) is 23.8 Å². The van der Waals surface area contributed by atoms with E-state index in [0.717, 1.165) is 19.3 Å². The maximum atomic E-state index is 12.8. The van der Waals surface area contributed by atoms with Crippen LogP contribution in [0.2, 0.25) is 0 Å². The van der Waals surface area contributed by atoms with Gasteiger partial charge in [0.25, 0.3) is 0 Å². The topological polar surface area (TPSA) is 237 Å². The molecule has 1 aliphatic rings. The number of hydrogen-bond donors (Lipinski definition) is 8. The third-order valence-electron chi connectivity index (χ3n) is 7.43. The van der Waals surface area contributed by atoms with Crippen LogP contribution < -0.4 is 16.4 Å². The van der Waals surface area contributed by atoms with Crippen molar-refractivity contribution in [3.63, 3.8) is 0 Å². The molecule has 13 nitrogen and oxygen atoms in total. The summed E-state index contributed by atoms with van der Waals surface area (Å²) >= 11 is 1.34. The lowest BCUT2D eigenvalue weighted by atomic mass is 9.90. The summed E-state index contributed by atoms with van der Waals surface area (Å²) < 4.78 is 0. The van der Waals surface area contributed by atoms with Crippen molar-refractivity contribution in [3.05, 3.63) is 24.3 Å². The number of carboxylic acids is 3. The molecule has 0 saturated heterocycles. The minimum atomic E-state index is -1.26. The summed E-state index contributed by atoms with van der Waals surface area (Å²) in [6.07, 6.45) is 11.3. The van der Waals surface area contributed by atoms with Gasteiger partial charge in [-0.2, -0.15) is 11.8 Å². The summed E-state index contributed by atoms with van der Waals surface area (Å²) in [6, 6.07) is -2.37. The van der Waals surface area contributed by atoms with E-state index in [0.29, 0.717) is 32.1 Å². The normalized spacial score (nSPS) is 22.1. The van der Waals surface area contributed by atoms with Crippen LogP contribution in [0.1, 0.15) is 77.6 Å². The van der Waals surface area contributed by atoms with Gasteiger partial charge >= 0.3 is 17.9 Å². The molecule has 7 unspecified atom stereocenters. The van der Waals surface area contributed by atoms with Crippen molar-refractivity contribution in [2.75, 3.05) is 12.3 Å². The number of hydrogen-bond acceptors (Lipinski definition) is 9. The molecule has 0 spiro atoms. The van der Waals surface area contributed by atoms with Crippen molar-refractivity contribution in [1.82, 2.24) is 10.6 Å². The number of thioether (sulfide) groups is 1. The lowest BCUT2D eigenvalue weighted by Gasteiger charge is -2.24. The van der Waals surface area contributed by atoms with Crippen LogP contribution in [0, 0.1) is 11.8 Å². The number of nitrogens with one attached hydrogen (secondary N) is 2. The van der Waals surface area contributed by atoms with Crippen LogP contribution in [0.15, 0.2) is 24.3 Å². The fourth-order valence-electron chi connectivity index (χ4n) is 4.93. The molecule has 0 aromatic heterocycles. The summed E-state index contributed by atoms with van der Waals surface area (Å²) in [5, 5.41) is 52.8. The Bertz CT molecular complexity index is 992. The Kier molecular flexibility index (Phi) is 19.3. The van der Waals surface area contributed by atoms with Crippen LogP contribution in [0.25, 0.3) is 0 Å². The number of aliphatic carboxylic acids is 3. The molecule has 2 amide bonds. The van der Waals surface area contributed by atoms with Gasteiger partial charge in [0.15, 0.2) is 0 Å². The number of carbonyl (C=O) groups is 5. The lowest BCUT2D eigenvalue weighted by Crippen LogP contribution is -2.49. The van der Waals surface area contributed by atoms with Crippen molar-refractivity contribution in [2.24, 2.45) is 17.6 Å². The second-order valence-corrected chi connectivity index (χ2v) is 12.3. The van der Waals surface area contributed by atoms with E-state index in [1.165, 1.54) is 11.8 Å². The standard InChI is InChI=1S/C30H49N3O10S/c1-2-3-6-9-19(34)12-13-21-20(10-7-4-5-8-11-27(37)38)24(35)16-25(21)44-18-23(29(41)32-17-28(39)40)33-26(36)15-14-22(31)30(42)43/h4,7,12-13,19-25,34-35H,2-3,5-6,8-11,14-18,31H2,1H3,(H,32,41)(H,33,36)(H,37,38)(H,39,40)(H,42,43). The number of carboxylic acid groups (broad SMARTS) is 3. The Morgan fingerprint density at radius 2 is 1.73 bits per heavy atom. The molecule has 7 atom stereocenters. The molecule has 0 aliphatic heterocycles. The van der Waals surface area contributed by atoms with Crippen LogP contribution in [0.3, 0.4) is 0 Å². The Hall–Kier alpha value is -2.94. The van der Waals surface area contributed by atoms with Crippen LogP contribution in [0.4, 0.5) is 0 Å². The first-order chi connectivity index (χ1) is 20.8. The van der Waals surface area contributed by atoms with E-state index in [1.807, 2.05) is 18.2 Å². The molecule has 0 heterocycles. The molecular weight excluding hydrogens is 594 g/mol. The Balaban J connectivity index is 3.03. The molecule has 44 heavy (non-hydrogen) atoms. The molecule has 1 aliphatic carbocycles. The Morgan fingerprint density at radius 1 is 1.00 bits per heavy atom. The highest BCUT2D eigenvalue weighted by molar-refractivity contribution is 8.00. The fourth-order valence-corrected chi connectivity index (χ4v) is 6.45. The number of unbranched alkanes of at least 4 members (excludes halogenated alkanes) is 3. The maximum absolute atomic E-state index is 12.8. The van der Waals surface area contributed by atoms with Gasteiger partial charge in [-0.1, -0.05) is 50.5 Å². The quantitative estimate of drug-likeness (QED) is 0.0586. The van der Waals surface area contributed by atoms with Gasteiger partial charge in [0.05, 0.1) is 12.2 Å². The summed E-state index contributed by atoms with van der Waals surface area (Å²) in [7, 11) is 0. The van der Waals surface area contributed by atoms with Crippen LogP contribution in [-0.4, -0.2) is 97.1 Å². The predicted molar refractivity (Wildman–Crippen MR) is 166 cm³/mol. The van der Waals surface area contributed by atoms with E-state index in [-0.39, 0.29) is 42.1 Å². The lowest BCUT2D eigenvalue weighted by molar-refractivity contribution is -0.139. The number of carbonyl (C=O) groups excluding carboxylic acids is 2. The summed E-state index contributed by atoms with van der Waals surface area (Å²) in [6.45, 7) is 1.43. The number of allylic oxidation sites excluding steroid dienone is 3. The van der Waals surface area contributed by atoms with Crippen LogP contribution in [0.5, 0.6) is 0 Å². The molecule has 0 radical (unpaired) electrons. The number of amides is 2. The highest BCUT2D eigenvalue weighted by atomic mass is 32.2. The van der Waals surface area contributed by atoms with E-state index in [2.05, 4.69) is 17.6 Å². The van der Waals surface area contributed by atoms with Crippen molar-refractivity contribution in [2.45, 2.75) is 107 Å². The molecule has 0 aromatic rings. The molecule has 1 saturated carbocycles. The second-order valence-electron chi connectivity index (χ2n) is 11.1. The summed E-state index contributed by atoms with van der Waals surface area (Å²) in [5.74, 6) is -5.04. The second kappa shape index (κ2) is 21.7. The highest BCUT2D eigenvalue weighted by Crippen LogP contribution is 2.43. The van der Waals surface area contributed by atoms with Crippen LogP contribution in [-0.2, 0) is 24.0 Å². The van der Waals surface area contributed by atoms with Gasteiger partial charge in [-0.25, -0.2) is 0 Å². The first-order valence-electron chi connectivity index (χ1n) is 15.2. The van der Waals surface area contributed by atoms with Gasteiger partial charge < -0.3 is 41.9 Å². The smallest absolute Gasteiger partial charge is 0.322 e. The molecule has 0 bridgehead atoms. The molecular formula is C30H49N3O10S. The van der Waals surface area contributed by atoms with E-state index >= 15 is 0 Å². The maximum Gasteiger partial charge on any atom is 0.322 e. The molecule has 14 heteroatoms. The monoisotopic (exact) mass is 643 g/mol. The Labute approximate surface area is 262 Å². The minimum Gasteiger partial charge on any atom is -0.481 e. The van der Waals surface area contributed by atoms with E-state index in [4.69, 9.17) is 21.1 Å². The van der Waals surface area contributed by atoms with E-state index in [9.17, 15) is 34.2 Å². The van der Waals surface area contributed by atoms with Crippen molar-refractivity contribution >= 4 is 41.5 Å². The average molecular weight is 644 g/mol. The molecule has 9 N–H and O–H groups in total. The third kappa shape index (κ3) is 16.2. The van der Waals surface area contributed by atoms with Gasteiger partial charge in [0.1, 0.15) is 18.6 Å². The van der Waals surface area contributed by atoms with Crippen molar-refractivity contribution < 1.29 is 49.5 Å². The Morgan fingerprint density at radius 3 is 2.36 bits per heavy atom. The highest BCUT2D eigenvalue weighted by Gasteiger charge is 2.41. The van der Waals surface area contributed by atoms with Crippen molar-refractivity contribution in [1.29, 1.82) is 0 Å².